The summed E-state index contributed by atoms with van der Waals surface area (Å²) < 4.78 is 0. The lowest BCUT2D eigenvalue weighted by atomic mass is 9.96. The molecule has 1 aromatic carbocycles. The average molecular weight is 162 g/mol. The molecule has 0 fully saturated rings. The van der Waals surface area contributed by atoms with Gasteiger partial charge in [-0.15, -0.1) is 0 Å². The van der Waals surface area contributed by atoms with Gasteiger partial charge in [0.15, 0.2) is 0 Å². The Morgan fingerprint density at radius 2 is 2.08 bits per heavy atom. The Bertz CT molecular complexity index is 287. The molecule has 0 unspecified atom stereocenters. The number of benzene rings is 1. The standard InChI is InChI=1S/C11H14O/c1-4-9-6-5-7-10(12)11(9)8(2)3/h4-8,12H,1H2,2-3H3. The van der Waals surface area contributed by atoms with E-state index in [1.807, 2.05) is 12.1 Å². The lowest BCUT2D eigenvalue weighted by molar-refractivity contribution is 0.464. The van der Waals surface area contributed by atoms with Gasteiger partial charge in [0, 0.05) is 5.56 Å². The highest BCUT2D eigenvalue weighted by Crippen LogP contribution is 2.29. The van der Waals surface area contributed by atoms with Crippen molar-refractivity contribution in [2.75, 3.05) is 0 Å². The molecular weight excluding hydrogens is 148 g/mol. The molecule has 1 nitrogen and oxygen atoms in total. The van der Waals surface area contributed by atoms with Crippen LogP contribution in [0.4, 0.5) is 0 Å². The first-order valence-corrected chi connectivity index (χ1v) is 4.11. The van der Waals surface area contributed by atoms with Gasteiger partial charge in [0.2, 0.25) is 0 Å². The SMILES string of the molecule is C=Cc1cccc(O)c1C(C)C. The number of hydrogen-bond donors (Lipinski definition) is 1. The quantitative estimate of drug-likeness (QED) is 0.708. The van der Waals surface area contributed by atoms with Crippen molar-refractivity contribution >= 4 is 6.08 Å². The minimum absolute atomic E-state index is 0.333. The summed E-state index contributed by atoms with van der Waals surface area (Å²) in [6.45, 7) is 7.82. The molecule has 0 amide bonds. The zero-order chi connectivity index (χ0) is 9.14. The zero-order valence-corrected chi connectivity index (χ0v) is 7.54. The highest BCUT2D eigenvalue weighted by Gasteiger charge is 2.08. The smallest absolute Gasteiger partial charge is 0.119 e. The van der Waals surface area contributed by atoms with Crippen molar-refractivity contribution in [3.05, 3.63) is 35.9 Å². The third-order valence-electron chi connectivity index (χ3n) is 1.91. The highest BCUT2D eigenvalue weighted by atomic mass is 16.3. The summed E-state index contributed by atoms with van der Waals surface area (Å²) in [5.74, 6) is 0.696. The van der Waals surface area contributed by atoms with Gasteiger partial charge in [-0.2, -0.15) is 0 Å². The van der Waals surface area contributed by atoms with Crippen LogP contribution in [0.3, 0.4) is 0 Å². The van der Waals surface area contributed by atoms with E-state index in [1.165, 1.54) is 0 Å². The third-order valence-corrected chi connectivity index (χ3v) is 1.91. The molecule has 1 N–H and O–H groups in total. The van der Waals surface area contributed by atoms with Crippen molar-refractivity contribution in [1.29, 1.82) is 0 Å². The van der Waals surface area contributed by atoms with E-state index < -0.39 is 0 Å². The van der Waals surface area contributed by atoms with Crippen molar-refractivity contribution < 1.29 is 5.11 Å². The minimum atomic E-state index is 0.333. The summed E-state index contributed by atoms with van der Waals surface area (Å²) in [5.41, 5.74) is 2.00. The molecule has 0 aliphatic heterocycles. The maximum absolute atomic E-state index is 9.55. The van der Waals surface area contributed by atoms with Crippen LogP contribution in [-0.2, 0) is 0 Å². The molecule has 0 saturated carbocycles. The number of aromatic hydroxyl groups is 1. The van der Waals surface area contributed by atoms with Gasteiger partial charge in [0.05, 0.1) is 0 Å². The highest BCUT2D eigenvalue weighted by molar-refractivity contribution is 5.57. The number of phenols is 1. The van der Waals surface area contributed by atoms with E-state index in [4.69, 9.17) is 0 Å². The maximum Gasteiger partial charge on any atom is 0.119 e. The number of phenolic OH excluding ortho intramolecular Hbond substituents is 1. The first-order chi connectivity index (χ1) is 5.66. The molecule has 0 heterocycles. The van der Waals surface area contributed by atoms with Crippen LogP contribution in [0.1, 0.15) is 30.9 Å². The van der Waals surface area contributed by atoms with Gasteiger partial charge in [0.1, 0.15) is 5.75 Å². The Hall–Kier alpha value is -1.24. The van der Waals surface area contributed by atoms with Crippen molar-refractivity contribution in [2.45, 2.75) is 19.8 Å². The van der Waals surface area contributed by atoms with Crippen molar-refractivity contribution in [2.24, 2.45) is 0 Å². The van der Waals surface area contributed by atoms with Crippen molar-refractivity contribution in [3.63, 3.8) is 0 Å². The average Bonchev–Trinajstić information content (AvgIpc) is 2.03. The largest absolute Gasteiger partial charge is 0.508 e. The van der Waals surface area contributed by atoms with Gasteiger partial charge in [-0.1, -0.05) is 38.6 Å². The van der Waals surface area contributed by atoms with Gasteiger partial charge in [-0.05, 0) is 17.5 Å². The van der Waals surface area contributed by atoms with E-state index in [0.717, 1.165) is 11.1 Å². The Labute approximate surface area is 73.4 Å². The fourth-order valence-electron chi connectivity index (χ4n) is 1.38. The van der Waals surface area contributed by atoms with Gasteiger partial charge in [-0.25, -0.2) is 0 Å². The molecule has 0 aliphatic rings. The maximum atomic E-state index is 9.55. The first-order valence-electron chi connectivity index (χ1n) is 4.11. The third kappa shape index (κ3) is 1.50. The molecule has 1 rings (SSSR count). The molecule has 0 radical (unpaired) electrons. The van der Waals surface area contributed by atoms with E-state index in [9.17, 15) is 5.11 Å². The molecule has 0 aromatic heterocycles. The number of hydrogen-bond acceptors (Lipinski definition) is 1. The molecule has 12 heavy (non-hydrogen) atoms. The Morgan fingerprint density at radius 1 is 1.42 bits per heavy atom. The van der Waals surface area contributed by atoms with Crippen LogP contribution in [0.15, 0.2) is 24.8 Å². The zero-order valence-electron chi connectivity index (χ0n) is 7.54. The van der Waals surface area contributed by atoms with Crippen LogP contribution in [0, 0.1) is 0 Å². The van der Waals surface area contributed by atoms with E-state index in [1.54, 1.807) is 12.1 Å². The summed E-state index contributed by atoms with van der Waals surface area (Å²) in [4.78, 5) is 0. The lowest BCUT2D eigenvalue weighted by Gasteiger charge is -2.11. The number of rotatable bonds is 2. The second kappa shape index (κ2) is 3.44. The van der Waals surface area contributed by atoms with Crippen molar-refractivity contribution in [1.82, 2.24) is 0 Å². The predicted molar refractivity (Wildman–Crippen MR) is 52.3 cm³/mol. The summed E-state index contributed by atoms with van der Waals surface area (Å²) in [5, 5.41) is 9.55. The van der Waals surface area contributed by atoms with Crippen molar-refractivity contribution in [3.8, 4) is 5.75 Å². The van der Waals surface area contributed by atoms with Crippen LogP contribution in [0.2, 0.25) is 0 Å². The fraction of sp³-hybridized carbons (Fsp3) is 0.273. The Kier molecular flexibility index (Phi) is 2.54. The van der Waals surface area contributed by atoms with Crippen LogP contribution >= 0.6 is 0 Å². The molecule has 1 aromatic rings. The molecule has 0 spiro atoms. The van der Waals surface area contributed by atoms with Gasteiger partial charge in [-0.3, -0.25) is 0 Å². The Morgan fingerprint density at radius 3 is 2.50 bits per heavy atom. The fourth-order valence-corrected chi connectivity index (χ4v) is 1.38. The minimum Gasteiger partial charge on any atom is -0.508 e. The summed E-state index contributed by atoms with van der Waals surface area (Å²) in [7, 11) is 0. The van der Waals surface area contributed by atoms with E-state index >= 15 is 0 Å². The monoisotopic (exact) mass is 162 g/mol. The first kappa shape index (κ1) is 8.85. The summed E-state index contributed by atoms with van der Waals surface area (Å²) in [6.07, 6.45) is 1.77. The molecule has 0 bridgehead atoms. The van der Waals surface area contributed by atoms with Gasteiger partial charge < -0.3 is 5.11 Å². The van der Waals surface area contributed by atoms with Crippen LogP contribution < -0.4 is 0 Å². The van der Waals surface area contributed by atoms with Gasteiger partial charge >= 0.3 is 0 Å². The second-order valence-corrected chi connectivity index (χ2v) is 3.14. The second-order valence-electron chi connectivity index (χ2n) is 3.14. The van der Waals surface area contributed by atoms with E-state index in [2.05, 4.69) is 20.4 Å². The molecule has 1 heteroatoms. The van der Waals surface area contributed by atoms with Crippen LogP contribution in [0.5, 0.6) is 5.75 Å². The van der Waals surface area contributed by atoms with Gasteiger partial charge in [0.25, 0.3) is 0 Å². The Balaban J connectivity index is 3.29. The lowest BCUT2D eigenvalue weighted by Crippen LogP contribution is -1.91. The summed E-state index contributed by atoms with van der Waals surface area (Å²) >= 11 is 0. The molecular formula is C11H14O. The molecule has 0 saturated heterocycles. The van der Waals surface area contributed by atoms with E-state index in [0.29, 0.717) is 11.7 Å². The molecule has 64 valence electrons. The normalized spacial score (nSPS) is 10.2. The summed E-state index contributed by atoms with van der Waals surface area (Å²) in [6, 6.07) is 5.50. The topological polar surface area (TPSA) is 20.2 Å². The predicted octanol–water partition coefficient (Wildman–Crippen LogP) is 3.16. The van der Waals surface area contributed by atoms with Crippen LogP contribution in [0.25, 0.3) is 6.08 Å². The molecule has 0 aliphatic carbocycles. The van der Waals surface area contributed by atoms with E-state index in [-0.39, 0.29) is 0 Å². The molecule has 0 atom stereocenters. The van der Waals surface area contributed by atoms with Crippen LogP contribution in [-0.4, -0.2) is 5.11 Å².